The quantitative estimate of drug-likeness (QED) is 0.446. The van der Waals surface area contributed by atoms with Crippen molar-refractivity contribution in [2.45, 2.75) is 10.1 Å². The highest BCUT2D eigenvalue weighted by Gasteiger charge is 2.60. The fraction of sp³-hybridized carbons (Fsp3) is 1.00. The lowest BCUT2D eigenvalue weighted by atomic mass is 11.6. The SMILES string of the molecule is O=S(F)NS(=O)(=O)C(F)(F)S(=O)(=O)NS(=O)C(F)(F)F. The molecule has 0 fully saturated rings. The minimum atomic E-state index is -6.70. The molecule has 0 radical (unpaired) electrons. The fourth-order valence-electron chi connectivity index (χ4n) is 0.475. The van der Waals surface area contributed by atoms with E-state index in [2.05, 4.69) is 0 Å². The van der Waals surface area contributed by atoms with Gasteiger partial charge in [-0.2, -0.15) is 22.0 Å². The maximum absolute atomic E-state index is 13.0. The van der Waals surface area contributed by atoms with E-state index in [-0.39, 0.29) is 8.25 Å². The molecular weight excluding hydrogens is 390 g/mol. The Kier molecular flexibility index (Phi) is 5.74. The summed E-state index contributed by atoms with van der Waals surface area (Å²) in [6.07, 6.45) is 0. The molecular formula is C2H2F6N2O6S4. The fourth-order valence-corrected chi connectivity index (χ4v) is 4.88. The minimum absolute atomic E-state index is 0.00587. The predicted octanol–water partition coefficient (Wildman–Crippen LogP) is -0.893. The first-order valence-corrected chi connectivity index (χ1v) is 8.69. The van der Waals surface area contributed by atoms with Crippen molar-refractivity contribution in [3.8, 4) is 0 Å². The molecule has 0 spiro atoms. The van der Waals surface area contributed by atoms with Gasteiger partial charge in [-0.3, -0.25) is 0 Å². The van der Waals surface area contributed by atoms with E-state index in [9.17, 15) is 51.1 Å². The second-order valence-electron chi connectivity index (χ2n) is 2.57. The minimum Gasteiger partial charge on any atom is -0.233 e. The third kappa shape index (κ3) is 4.35. The number of halogens is 6. The van der Waals surface area contributed by atoms with E-state index >= 15 is 0 Å². The Morgan fingerprint density at radius 3 is 1.45 bits per heavy atom. The molecule has 0 heterocycles. The molecule has 18 heteroatoms. The Morgan fingerprint density at radius 1 is 0.800 bits per heavy atom. The molecule has 2 atom stereocenters. The summed E-state index contributed by atoms with van der Waals surface area (Å²) in [5, 5.41) is 0. The van der Waals surface area contributed by atoms with Crippen LogP contribution in [0.5, 0.6) is 0 Å². The van der Waals surface area contributed by atoms with E-state index in [1.807, 2.05) is 0 Å². The van der Waals surface area contributed by atoms with E-state index in [4.69, 9.17) is 0 Å². The van der Waals surface area contributed by atoms with Crippen molar-refractivity contribution in [3.05, 3.63) is 0 Å². The lowest BCUT2D eigenvalue weighted by Crippen LogP contribution is -2.51. The van der Waals surface area contributed by atoms with Crippen molar-refractivity contribution in [2.24, 2.45) is 0 Å². The summed E-state index contributed by atoms with van der Waals surface area (Å²) in [6.45, 7) is 0. The average Bonchev–Trinajstić information content (AvgIpc) is 2.12. The van der Waals surface area contributed by atoms with Crippen LogP contribution in [0.25, 0.3) is 0 Å². The van der Waals surface area contributed by atoms with Crippen LogP contribution in [0.1, 0.15) is 0 Å². The number of hydrogen-bond acceptors (Lipinski definition) is 6. The van der Waals surface area contributed by atoms with Gasteiger partial charge in [0.05, 0.1) is 0 Å². The summed E-state index contributed by atoms with van der Waals surface area (Å²) in [5.41, 5.74) is -5.80. The zero-order valence-corrected chi connectivity index (χ0v) is 11.6. The van der Waals surface area contributed by atoms with Crippen molar-refractivity contribution >= 4 is 42.4 Å². The van der Waals surface area contributed by atoms with Crippen molar-refractivity contribution in [1.29, 1.82) is 0 Å². The predicted molar refractivity (Wildman–Crippen MR) is 52.5 cm³/mol. The first-order valence-electron chi connectivity index (χ1n) is 3.53. The van der Waals surface area contributed by atoms with E-state index < -0.39 is 52.5 Å². The number of sulfonamides is 2. The second-order valence-corrected chi connectivity index (χ2v) is 8.65. The number of hydrogen-bond donors (Lipinski definition) is 2. The van der Waals surface area contributed by atoms with Gasteiger partial charge in [0.25, 0.3) is 11.4 Å². The van der Waals surface area contributed by atoms with Gasteiger partial charge in [0.1, 0.15) is 0 Å². The number of nitrogens with one attached hydrogen (secondary N) is 2. The Labute approximate surface area is 112 Å². The van der Waals surface area contributed by atoms with Gasteiger partial charge in [0, 0.05) is 0 Å². The molecule has 2 N–H and O–H groups in total. The summed E-state index contributed by atoms with van der Waals surface area (Å²) >= 11 is -4.15. The molecule has 0 aliphatic heterocycles. The topological polar surface area (TPSA) is 126 Å². The van der Waals surface area contributed by atoms with Gasteiger partial charge in [0.15, 0.2) is 0 Å². The molecule has 20 heavy (non-hydrogen) atoms. The van der Waals surface area contributed by atoms with Gasteiger partial charge in [-0.25, -0.2) is 25.3 Å². The van der Waals surface area contributed by atoms with Gasteiger partial charge in [-0.15, -0.1) is 8.01 Å². The zero-order chi connectivity index (χ0) is 16.6. The highest BCUT2D eigenvalue weighted by atomic mass is 32.3. The summed E-state index contributed by atoms with van der Waals surface area (Å²) in [5.74, 6) is 0. The zero-order valence-electron chi connectivity index (χ0n) is 8.35. The van der Waals surface area contributed by atoms with Gasteiger partial charge >= 0.3 is 30.1 Å². The molecule has 2 unspecified atom stereocenters. The Balaban J connectivity index is 5.61. The van der Waals surface area contributed by atoms with Crippen LogP contribution in [-0.2, 0) is 42.4 Å². The molecule has 122 valence electrons. The van der Waals surface area contributed by atoms with Crippen molar-refractivity contribution in [3.63, 3.8) is 0 Å². The van der Waals surface area contributed by atoms with Crippen LogP contribution in [0.3, 0.4) is 0 Å². The van der Waals surface area contributed by atoms with Crippen LogP contribution in [0.2, 0.25) is 0 Å². The third-order valence-corrected chi connectivity index (χ3v) is 7.07. The van der Waals surface area contributed by atoms with Gasteiger partial charge in [0.2, 0.25) is 11.0 Å². The highest BCUT2D eigenvalue weighted by molar-refractivity contribution is 8.14. The Morgan fingerprint density at radius 2 is 1.15 bits per heavy atom. The van der Waals surface area contributed by atoms with Crippen LogP contribution in [-0.4, -0.2) is 35.3 Å². The van der Waals surface area contributed by atoms with Crippen molar-refractivity contribution < 1.29 is 51.1 Å². The molecule has 0 amide bonds. The maximum Gasteiger partial charge on any atom is 0.486 e. The van der Waals surface area contributed by atoms with Crippen LogP contribution in [0.4, 0.5) is 25.8 Å². The number of alkyl halides is 5. The van der Waals surface area contributed by atoms with E-state index in [0.29, 0.717) is 0 Å². The van der Waals surface area contributed by atoms with Crippen LogP contribution in [0, 0.1) is 0 Å². The average molecular weight is 392 g/mol. The molecule has 0 aromatic carbocycles. The molecule has 0 saturated heterocycles. The van der Waals surface area contributed by atoms with E-state index in [0.717, 1.165) is 0 Å². The second kappa shape index (κ2) is 5.83. The largest absolute Gasteiger partial charge is 0.486 e. The molecule has 0 bridgehead atoms. The summed E-state index contributed by atoms with van der Waals surface area (Å²) in [6, 6.07) is 0. The van der Waals surface area contributed by atoms with Crippen LogP contribution in [0.15, 0.2) is 0 Å². The summed E-state index contributed by atoms with van der Waals surface area (Å²) in [4.78, 5) is 0. The van der Waals surface area contributed by atoms with Gasteiger partial charge in [-0.1, -0.05) is 4.13 Å². The van der Waals surface area contributed by atoms with E-state index in [1.54, 1.807) is 0 Å². The molecule has 0 aromatic rings. The monoisotopic (exact) mass is 392 g/mol. The molecule has 0 aliphatic rings. The first kappa shape index (κ1) is 19.7. The summed E-state index contributed by atoms with van der Waals surface area (Å²) in [7, 11) is -17.8. The van der Waals surface area contributed by atoms with Crippen LogP contribution < -0.4 is 8.25 Å². The van der Waals surface area contributed by atoms with Crippen molar-refractivity contribution in [1.82, 2.24) is 8.25 Å². The lowest BCUT2D eigenvalue weighted by Gasteiger charge is -2.16. The maximum atomic E-state index is 13.0. The van der Waals surface area contributed by atoms with Gasteiger partial charge in [-0.05, 0) is 0 Å². The Hall–Kier alpha value is -0.300. The number of rotatable bonds is 6. The van der Waals surface area contributed by atoms with Crippen LogP contribution >= 0.6 is 0 Å². The molecule has 0 aromatic heterocycles. The molecule has 8 nitrogen and oxygen atoms in total. The first-order chi connectivity index (χ1) is 8.54. The Bertz CT molecular complexity index is 620. The van der Waals surface area contributed by atoms with Gasteiger partial charge < -0.3 is 0 Å². The van der Waals surface area contributed by atoms with Crippen molar-refractivity contribution in [2.75, 3.05) is 0 Å². The lowest BCUT2D eigenvalue weighted by molar-refractivity contribution is -0.0389. The molecule has 0 saturated carbocycles. The highest BCUT2D eigenvalue weighted by Crippen LogP contribution is 2.29. The normalized spacial score (nSPS) is 17.7. The van der Waals surface area contributed by atoms with E-state index in [1.165, 1.54) is 0 Å². The molecule has 0 rings (SSSR count). The third-order valence-electron chi connectivity index (χ3n) is 1.20. The summed E-state index contributed by atoms with van der Waals surface area (Å²) < 4.78 is 130. The standard InChI is InChI=1S/C2H2F6N2O6S4/c3-1(4,5)17(11)9-19(13,14)2(6,7)20(15,16)10-18(8)12/h9-10H. The smallest absolute Gasteiger partial charge is 0.233 e. The molecule has 0 aliphatic carbocycles.